The minimum atomic E-state index is -0.557. The molecule has 1 fully saturated rings. The molecule has 1 saturated heterocycles. The van der Waals surface area contributed by atoms with Gasteiger partial charge in [-0.25, -0.2) is 9.48 Å². The predicted molar refractivity (Wildman–Crippen MR) is 97.7 cm³/mol. The SMILES string of the molecule is O=c1oc2cc(O)ccc2cc1-n1cc(CO[C@@H]2CSC[C@@H]2S)nn1. The van der Waals surface area contributed by atoms with E-state index in [1.165, 1.54) is 16.8 Å². The quantitative estimate of drug-likeness (QED) is 0.531. The fraction of sp³-hybridized carbons (Fsp3) is 0.312. The second kappa shape index (κ2) is 6.74. The third-order valence-electron chi connectivity index (χ3n) is 3.93. The maximum Gasteiger partial charge on any atom is 0.362 e. The van der Waals surface area contributed by atoms with Crippen LogP contribution in [0.1, 0.15) is 5.69 Å². The third-order valence-corrected chi connectivity index (χ3v) is 5.86. The summed E-state index contributed by atoms with van der Waals surface area (Å²) in [5.74, 6) is 1.94. The lowest BCUT2D eigenvalue weighted by Crippen LogP contribution is -2.22. The lowest BCUT2D eigenvalue weighted by Gasteiger charge is -2.13. The van der Waals surface area contributed by atoms with Gasteiger partial charge in [-0.1, -0.05) is 5.21 Å². The van der Waals surface area contributed by atoms with Gasteiger partial charge in [0.15, 0.2) is 5.69 Å². The Morgan fingerprint density at radius 1 is 1.40 bits per heavy atom. The van der Waals surface area contributed by atoms with E-state index in [-0.39, 0.29) is 22.8 Å². The van der Waals surface area contributed by atoms with Crippen molar-refractivity contribution in [1.82, 2.24) is 15.0 Å². The van der Waals surface area contributed by atoms with Crippen LogP contribution in [0.5, 0.6) is 5.75 Å². The summed E-state index contributed by atoms with van der Waals surface area (Å²) >= 11 is 6.31. The number of hydrogen-bond acceptors (Lipinski definition) is 8. The highest BCUT2D eigenvalue weighted by atomic mass is 32.2. The van der Waals surface area contributed by atoms with Crippen LogP contribution in [0.2, 0.25) is 0 Å². The van der Waals surface area contributed by atoms with Crippen molar-refractivity contribution in [2.24, 2.45) is 0 Å². The Kier molecular flexibility index (Phi) is 4.45. The van der Waals surface area contributed by atoms with Crippen molar-refractivity contribution < 1.29 is 14.3 Å². The van der Waals surface area contributed by atoms with E-state index in [9.17, 15) is 9.90 Å². The van der Waals surface area contributed by atoms with Crippen LogP contribution < -0.4 is 5.63 Å². The predicted octanol–water partition coefficient (Wildman–Crippen LogP) is 2.01. The molecule has 2 aromatic heterocycles. The summed E-state index contributed by atoms with van der Waals surface area (Å²) in [7, 11) is 0. The number of phenols is 1. The highest BCUT2D eigenvalue weighted by Crippen LogP contribution is 2.25. The van der Waals surface area contributed by atoms with Gasteiger partial charge in [0.2, 0.25) is 0 Å². The van der Waals surface area contributed by atoms with Crippen LogP contribution in [0, 0.1) is 0 Å². The molecule has 3 aromatic rings. The molecule has 0 spiro atoms. The minimum Gasteiger partial charge on any atom is -0.508 e. The maximum atomic E-state index is 12.2. The first-order chi connectivity index (χ1) is 12.1. The first-order valence-electron chi connectivity index (χ1n) is 7.66. The van der Waals surface area contributed by atoms with E-state index < -0.39 is 5.63 Å². The molecule has 2 atom stereocenters. The Bertz CT molecular complexity index is 971. The molecular formula is C16H15N3O4S2. The number of rotatable bonds is 4. The van der Waals surface area contributed by atoms with Crippen molar-refractivity contribution in [2.45, 2.75) is 18.0 Å². The second-order valence-electron chi connectivity index (χ2n) is 5.75. The fourth-order valence-corrected chi connectivity index (χ4v) is 4.41. The summed E-state index contributed by atoms with van der Waals surface area (Å²) < 4.78 is 12.4. The van der Waals surface area contributed by atoms with E-state index in [2.05, 4.69) is 22.9 Å². The molecule has 3 heterocycles. The second-order valence-corrected chi connectivity index (χ2v) is 7.49. The van der Waals surface area contributed by atoms with Gasteiger partial charge in [-0.2, -0.15) is 24.4 Å². The molecule has 0 aliphatic carbocycles. The number of aromatic hydroxyl groups is 1. The summed E-state index contributed by atoms with van der Waals surface area (Å²) in [4.78, 5) is 12.2. The number of ether oxygens (including phenoxy) is 1. The summed E-state index contributed by atoms with van der Waals surface area (Å²) in [6.45, 7) is 0.315. The van der Waals surface area contributed by atoms with Crippen molar-refractivity contribution in [1.29, 1.82) is 0 Å². The first-order valence-corrected chi connectivity index (χ1v) is 9.33. The van der Waals surface area contributed by atoms with Crippen LogP contribution in [0.4, 0.5) is 0 Å². The molecule has 25 heavy (non-hydrogen) atoms. The standard InChI is InChI=1S/C16H15N3O4S2/c20-11-2-1-9-3-12(16(21)23-13(9)4-11)19-5-10(17-18-19)6-22-14-7-25-8-15(14)24/h1-5,14-15,20,24H,6-8H2/t14-,15+/m1/s1. The van der Waals surface area contributed by atoms with Gasteiger partial charge >= 0.3 is 5.63 Å². The van der Waals surface area contributed by atoms with E-state index in [1.807, 2.05) is 11.8 Å². The molecule has 9 heteroatoms. The van der Waals surface area contributed by atoms with E-state index in [0.29, 0.717) is 23.3 Å². The highest BCUT2D eigenvalue weighted by molar-refractivity contribution is 8.00. The van der Waals surface area contributed by atoms with Crippen LogP contribution in [0.15, 0.2) is 39.7 Å². The number of hydrogen-bond donors (Lipinski definition) is 2. The van der Waals surface area contributed by atoms with Gasteiger partial charge in [0.1, 0.15) is 17.0 Å². The zero-order valence-corrected chi connectivity index (χ0v) is 14.7. The van der Waals surface area contributed by atoms with Gasteiger partial charge in [0.25, 0.3) is 0 Å². The summed E-state index contributed by atoms with van der Waals surface area (Å²) in [5.41, 5.74) is 0.636. The zero-order chi connectivity index (χ0) is 17.4. The van der Waals surface area contributed by atoms with Gasteiger partial charge in [0, 0.05) is 28.2 Å². The number of fused-ring (bicyclic) bond motifs is 1. The first kappa shape index (κ1) is 16.5. The maximum absolute atomic E-state index is 12.2. The van der Waals surface area contributed by atoms with Crippen molar-refractivity contribution in [2.75, 3.05) is 11.5 Å². The van der Waals surface area contributed by atoms with Crippen LogP contribution in [0.3, 0.4) is 0 Å². The Hall–Kier alpha value is -1.97. The molecule has 1 aliphatic rings. The smallest absolute Gasteiger partial charge is 0.362 e. The third kappa shape index (κ3) is 3.39. The lowest BCUT2D eigenvalue weighted by molar-refractivity contribution is 0.0599. The minimum absolute atomic E-state index is 0.0381. The van der Waals surface area contributed by atoms with Crippen LogP contribution in [-0.2, 0) is 11.3 Å². The summed E-state index contributed by atoms with van der Waals surface area (Å²) in [5, 5.41) is 18.4. The molecule has 1 aromatic carbocycles. The van der Waals surface area contributed by atoms with Gasteiger partial charge in [-0.15, -0.1) is 5.10 Å². The number of phenolic OH excluding ortho intramolecular Hbond substituents is 1. The monoisotopic (exact) mass is 377 g/mol. The number of thioether (sulfide) groups is 1. The highest BCUT2D eigenvalue weighted by Gasteiger charge is 2.25. The molecule has 0 saturated carbocycles. The molecule has 1 N–H and O–H groups in total. The Labute approximate surface area is 152 Å². The van der Waals surface area contributed by atoms with Crippen LogP contribution in [0.25, 0.3) is 16.7 Å². The number of benzene rings is 1. The molecular weight excluding hydrogens is 362 g/mol. The van der Waals surface area contributed by atoms with E-state index in [4.69, 9.17) is 9.15 Å². The molecule has 7 nitrogen and oxygen atoms in total. The molecule has 130 valence electrons. The van der Waals surface area contributed by atoms with Gasteiger partial charge in [0.05, 0.1) is 18.9 Å². The van der Waals surface area contributed by atoms with Gasteiger partial charge in [-0.3, -0.25) is 0 Å². The van der Waals surface area contributed by atoms with E-state index in [0.717, 1.165) is 11.5 Å². The Balaban J connectivity index is 1.57. The summed E-state index contributed by atoms with van der Waals surface area (Å²) in [6, 6.07) is 6.24. The number of aromatic nitrogens is 3. The van der Waals surface area contributed by atoms with Crippen molar-refractivity contribution in [3.63, 3.8) is 0 Å². The van der Waals surface area contributed by atoms with Crippen molar-refractivity contribution in [3.05, 3.63) is 46.6 Å². The van der Waals surface area contributed by atoms with Crippen LogP contribution >= 0.6 is 24.4 Å². The lowest BCUT2D eigenvalue weighted by atomic mass is 10.2. The normalized spacial score (nSPS) is 20.4. The van der Waals surface area contributed by atoms with Gasteiger partial charge < -0.3 is 14.3 Å². The molecule has 0 unspecified atom stereocenters. The van der Waals surface area contributed by atoms with Crippen molar-refractivity contribution >= 4 is 35.4 Å². The van der Waals surface area contributed by atoms with E-state index >= 15 is 0 Å². The molecule has 4 rings (SSSR count). The van der Waals surface area contributed by atoms with Crippen molar-refractivity contribution in [3.8, 4) is 11.4 Å². The van der Waals surface area contributed by atoms with Gasteiger partial charge in [-0.05, 0) is 18.2 Å². The Morgan fingerprint density at radius 3 is 3.08 bits per heavy atom. The molecule has 0 radical (unpaired) electrons. The summed E-state index contributed by atoms with van der Waals surface area (Å²) in [6.07, 6.45) is 1.74. The zero-order valence-electron chi connectivity index (χ0n) is 13.0. The average molecular weight is 377 g/mol. The topological polar surface area (TPSA) is 90.4 Å². The fourth-order valence-electron chi connectivity index (χ4n) is 2.61. The number of nitrogens with zero attached hydrogens (tertiary/aromatic N) is 3. The molecule has 1 aliphatic heterocycles. The molecule has 0 amide bonds. The average Bonchev–Trinajstić information content (AvgIpc) is 3.21. The van der Waals surface area contributed by atoms with Crippen LogP contribution in [-0.4, -0.2) is 43.0 Å². The van der Waals surface area contributed by atoms with E-state index in [1.54, 1.807) is 18.3 Å². The number of thiol groups is 1. The largest absolute Gasteiger partial charge is 0.508 e. The Morgan fingerprint density at radius 2 is 2.28 bits per heavy atom. The molecule has 0 bridgehead atoms.